The number of amides is 1. The summed E-state index contributed by atoms with van der Waals surface area (Å²) in [6, 6.07) is 7.23. The maximum Gasteiger partial charge on any atom is 0.258 e. The van der Waals surface area contributed by atoms with Crippen molar-refractivity contribution in [3.05, 3.63) is 29.8 Å². The van der Waals surface area contributed by atoms with Gasteiger partial charge < -0.3 is 20.1 Å². The molecule has 1 heterocycles. The molecule has 1 aromatic carbocycles. The third-order valence-electron chi connectivity index (χ3n) is 2.94. The SMILES string of the molecule is CN(C(=O)C1COCCO1)c1cccc(C(N)=S)c1. The van der Waals surface area contributed by atoms with Crippen LogP contribution in [0.2, 0.25) is 0 Å². The number of thiocarbonyl (C=S) groups is 1. The van der Waals surface area contributed by atoms with Crippen LogP contribution in [0.25, 0.3) is 0 Å². The second-order valence-corrected chi connectivity index (χ2v) is 4.69. The molecule has 1 atom stereocenters. The van der Waals surface area contributed by atoms with Crippen LogP contribution < -0.4 is 10.6 Å². The average molecular weight is 280 g/mol. The number of likely N-dealkylation sites (N-methyl/N-ethyl adjacent to an activating group) is 1. The molecule has 0 aromatic heterocycles. The van der Waals surface area contributed by atoms with Crippen molar-refractivity contribution >= 4 is 28.8 Å². The van der Waals surface area contributed by atoms with Gasteiger partial charge in [0.05, 0.1) is 19.8 Å². The minimum Gasteiger partial charge on any atom is -0.389 e. The van der Waals surface area contributed by atoms with Gasteiger partial charge in [0, 0.05) is 18.3 Å². The largest absolute Gasteiger partial charge is 0.389 e. The molecule has 2 N–H and O–H groups in total. The van der Waals surface area contributed by atoms with Crippen LogP contribution in [0, 0.1) is 0 Å². The zero-order valence-electron chi connectivity index (χ0n) is 10.7. The molecule has 19 heavy (non-hydrogen) atoms. The fourth-order valence-electron chi connectivity index (χ4n) is 1.84. The van der Waals surface area contributed by atoms with Crippen molar-refractivity contribution in [2.75, 3.05) is 31.8 Å². The molecule has 1 unspecified atom stereocenters. The normalized spacial score (nSPS) is 18.9. The number of nitrogens with two attached hydrogens (primary N) is 1. The molecule has 1 saturated heterocycles. The second kappa shape index (κ2) is 6.10. The molecular formula is C13H16N2O3S. The highest BCUT2D eigenvalue weighted by molar-refractivity contribution is 7.80. The Morgan fingerprint density at radius 1 is 1.47 bits per heavy atom. The zero-order chi connectivity index (χ0) is 13.8. The first-order valence-electron chi connectivity index (χ1n) is 5.96. The van der Waals surface area contributed by atoms with E-state index < -0.39 is 6.10 Å². The van der Waals surface area contributed by atoms with E-state index in [1.807, 2.05) is 18.2 Å². The predicted octanol–water partition coefficient (Wildman–Crippen LogP) is 0.699. The highest BCUT2D eigenvalue weighted by atomic mass is 32.1. The molecule has 1 aliphatic rings. The van der Waals surface area contributed by atoms with Crippen molar-refractivity contribution in [3.8, 4) is 0 Å². The summed E-state index contributed by atoms with van der Waals surface area (Å²) in [6.07, 6.45) is -0.549. The van der Waals surface area contributed by atoms with E-state index in [-0.39, 0.29) is 12.5 Å². The van der Waals surface area contributed by atoms with Gasteiger partial charge in [0.1, 0.15) is 4.99 Å². The second-order valence-electron chi connectivity index (χ2n) is 4.25. The van der Waals surface area contributed by atoms with Gasteiger partial charge in [0.2, 0.25) is 0 Å². The molecule has 1 fully saturated rings. The van der Waals surface area contributed by atoms with E-state index in [0.29, 0.717) is 18.2 Å². The first kappa shape index (κ1) is 13.9. The number of rotatable bonds is 3. The summed E-state index contributed by atoms with van der Waals surface area (Å²) in [5, 5.41) is 0. The first-order valence-corrected chi connectivity index (χ1v) is 6.37. The lowest BCUT2D eigenvalue weighted by Crippen LogP contribution is -2.43. The molecule has 102 valence electrons. The van der Waals surface area contributed by atoms with E-state index >= 15 is 0 Å². The summed E-state index contributed by atoms with van der Waals surface area (Å²) in [4.78, 5) is 14.1. The van der Waals surface area contributed by atoms with Gasteiger partial charge in [0.25, 0.3) is 5.91 Å². The summed E-state index contributed by atoms with van der Waals surface area (Å²) < 4.78 is 10.6. The molecule has 1 aliphatic heterocycles. The van der Waals surface area contributed by atoms with Gasteiger partial charge in [-0.3, -0.25) is 4.79 Å². The Morgan fingerprint density at radius 3 is 2.89 bits per heavy atom. The molecule has 0 aliphatic carbocycles. The van der Waals surface area contributed by atoms with Gasteiger partial charge in [-0.05, 0) is 12.1 Å². The Labute approximate surface area is 117 Å². The molecule has 0 radical (unpaired) electrons. The fourth-order valence-corrected chi connectivity index (χ4v) is 1.97. The van der Waals surface area contributed by atoms with E-state index in [1.165, 1.54) is 4.90 Å². The lowest BCUT2D eigenvalue weighted by molar-refractivity contribution is -0.144. The van der Waals surface area contributed by atoms with Crippen LogP contribution >= 0.6 is 12.2 Å². The number of benzene rings is 1. The van der Waals surface area contributed by atoms with Crippen LogP contribution in [0.5, 0.6) is 0 Å². The minimum absolute atomic E-state index is 0.139. The van der Waals surface area contributed by atoms with Crippen molar-refractivity contribution in [2.45, 2.75) is 6.10 Å². The molecule has 0 spiro atoms. The van der Waals surface area contributed by atoms with Crippen LogP contribution in [0.1, 0.15) is 5.56 Å². The Balaban J connectivity index is 2.13. The maximum atomic E-state index is 12.2. The number of carbonyl (C=O) groups excluding carboxylic acids is 1. The molecule has 1 aromatic rings. The lowest BCUT2D eigenvalue weighted by atomic mass is 10.2. The summed E-state index contributed by atoms with van der Waals surface area (Å²) >= 11 is 4.93. The smallest absolute Gasteiger partial charge is 0.258 e. The molecule has 6 heteroatoms. The van der Waals surface area contributed by atoms with E-state index in [9.17, 15) is 4.79 Å². The highest BCUT2D eigenvalue weighted by Crippen LogP contribution is 2.17. The summed E-state index contributed by atoms with van der Waals surface area (Å²) in [5.74, 6) is -0.139. The number of nitrogens with zero attached hydrogens (tertiary/aromatic N) is 1. The molecule has 2 rings (SSSR count). The average Bonchev–Trinajstić information content (AvgIpc) is 2.46. The molecular weight excluding hydrogens is 264 g/mol. The van der Waals surface area contributed by atoms with E-state index in [4.69, 9.17) is 27.4 Å². The molecule has 5 nitrogen and oxygen atoms in total. The quantitative estimate of drug-likeness (QED) is 0.826. The van der Waals surface area contributed by atoms with Crippen molar-refractivity contribution < 1.29 is 14.3 Å². The molecule has 0 saturated carbocycles. The Morgan fingerprint density at radius 2 is 2.26 bits per heavy atom. The minimum atomic E-state index is -0.549. The van der Waals surface area contributed by atoms with Gasteiger partial charge >= 0.3 is 0 Å². The van der Waals surface area contributed by atoms with Crippen molar-refractivity contribution in [1.82, 2.24) is 0 Å². The summed E-state index contributed by atoms with van der Waals surface area (Å²) in [7, 11) is 1.69. The van der Waals surface area contributed by atoms with Crippen molar-refractivity contribution in [3.63, 3.8) is 0 Å². The first-order chi connectivity index (χ1) is 9.09. The zero-order valence-corrected chi connectivity index (χ0v) is 11.5. The van der Waals surface area contributed by atoms with Gasteiger partial charge in [-0.25, -0.2) is 0 Å². The lowest BCUT2D eigenvalue weighted by Gasteiger charge is -2.27. The Hall–Kier alpha value is -1.50. The van der Waals surface area contributed by atoms with E-state index in [0.717, 1.165) is 11.3 Å². The number of hydrogen-bond donors (Lipinski definition) is 1. The molecule has 0 bridgehead atoms. The summed E-state index contributed by atoms with van der Waals surface area (Å²) in [6.45, 7) is 1.26. The highest BCUT2D eigenvalue weighted by Gasteiger charge is 2.26. The van der Waals surface area contributed by atoms with E-state index in [1.54, 1.807) is 13.1 Å². The topological polar surface area (TPSA) is 64.8 Å². The standard InChI is InChI=1S/C13H16N2O3S/c1-15(13(16)11-8-17-5-6-18-11)10-4-2-3-9(7-10)12(14)19/h2-4,7,11H,5-6,8H2,1H3,(H2,14,19). The number of hydrogen-bond acceptors (Lipinski definition) is 4. The van der Waals surface area contributed by atoms with Crippen molar-refractivity contribution in [1.29, 1.82) is 0 Å². The van der Waals surface area contributed by atoms with Gasteiger partial charge in [-0.15, -0.1) is 0 Å². The number of carbonyl (C=O) groups is 1. The van der Waals surface area contributed by atoms with Crippen molar-refractivity contribution in [2.24, 2.45) is 5.73 Å². The maximum absolute atomic E-state index is 12.2. The van der Waals surface area contributed by atoms with Crippen LogP contribution in [-0.2, 0) is 14.3 Å². The number of anilines is 1. The van der Waals surface area contributed by atoms with Gasteiger partial charge in [0.15, 0.2) is 6.10 Å². The van der Waals surface area contributed by atoms with Crippen LogP contribution in [0.15, 0.2) is 24.3 Å². The van der Waals surface area contributed by atoms with Crippen LogP contribution in [-0.4, -0.2) is 43.9 Å². The third kappa shape index (κ3) is 3.28. The number of ether oxygens (including phenoxy) is 2. The molecule has 1 amide bonds. The monoisotopic (exact) mass is 280 g/mol. The van der Waals surface area contributed by atoms with Gasteiger partial charge in [-0.1, -0.05) is 24.4 Å². The Bertz CT molecular complexity index is 487. The van der Waals surface area contributed by atoms with Crippen LogP contribution in [0.3, 0.4) is 0 Å². The third-order valence-corrected chi connectivity index (χ3v) is 3.18. The van der Waals surface area contributed by atoms with Gasteiger partial charge in [-0.2, -0.15) is 0 Å². The van der Waals surface area contributed by atoms with E-state index in [2.05, 4.69) is 0 Å². The fraction of sp³-hybridized carbons (Fsp3) is 0.385. The van der Waals surface area contributed by atoms with Crippen LogP contribution in [0.4, 0.5) is 5.69 Å². The predicted molar refractivity (Wildman–Crippen MR) is 76.3 cm³/mol. The summed E-state index contributed by atoms with van der Waals surface area (Å²) in [5.41, 5.74) is 7.04. The Kier molecular flexibility index (Phi) is 4.47.